The van der Waals surface area contributed by atoms with Crippen molar-refractivity contribution in [1.82, 2.24) is 20.1 Å². The van der Waals surface area contributed by atoms with Crippen LogP contribution >= 0.6 is 11.6 Å². The minimum absolute atomic E-state index is 0.00468. The first kappa shape index (κ1) is 12.4. The Bertz CT molecular complexity index is 309. The number of hydrogen-bond donors (Lipinski definition) is 2. The molecular weight excluding hydrogens is 214 g/mol. The fraction of sp³-hybridized carbons (Fsp3) is 0.667. The van der Waals surface area contributed by atoms with Gasteiger partial charge < -0.3 is 4.90 Å². The minimum atomic E-state index is -0.00468. The molecule has 1 heterocycles. The molecule has 0 fully saturated rings. The zero-order chi connectivity index (χ0) is 11.4. The normalized spacial score (nSPS) is 13.5. The molecule has 0 saturated heterocycles. The van der Waals surface area contributed by atoms with Gasteiger partial charge in [0.05, 0.1) is 23.0 Å². The van der Waals surface area contributed by atoms with E-state index in [1.807, 2.05) is 30.6 Å². The van der Waals surface area contributed by atoms with Gasteiger partial charge in [-0.05, 0) is 21.0 Å². The molecule has 0 aliphatic carbocycles. The number of hydrogen-bond acceptors (Lipinski definition) is 4. The Morgan fingerprint density at radius 3 is 2.80 bits per heavy atom. The highest BCUT2D eigenvalue weighted by molar-refractivity contribution is 6.31. The zero-order valence-corrected chi connectivity index (χ0v) is 10.1. The van der Waals surface area contributed by atoms with Crippen molar-refractivity contribution in [1.29, 1.82) is 0 Å². The first-order valence-corrected chi connectivity index (χ1v) is 5.30. The monoisotopic (exact) mass is 231 g/mol. The van der Waals surface area contributed by atoms with Gasteiger partial charge in [-0.15, -0.1) is 0 Å². The van der Waals surface area contributed by atoms with Gasteiger partial charge in [-0.2, -0.15) is 5.10 Å². The fourth-order valence-electron chi connectivity index (χ4n) is 1.55. The molecular formula is C9H18ClN5. The molecule has 0 aromatic carbocycles. The third-order valence-electron chi connectivity index (χ3n) is 2.21. The summed E-state index contributed by atoms with van der Waals surface area (Å²) in [5.41, 5.74) is 3.70. The molecule has 0 bridgehead atoms. The Balaban J connectivity index is 2.94. The lowest BCUT2D eigenvalue weighted by Crippen LogP contribution is -2.37. The minimum Gasteiger partial charge on any atom is -0.307 e. The van der Waals surface area contributed by atoms with E-state index in [9.17, 15) is 0 Å². The van der Waals surface area contributed by atoms with Crippen LogP contribution < -0.4 is 11.3 Å². The van der Waals surface area contributed by atoms with Crippen LogP contribution in [0.2, 0.25) is 5.02 Å². The van der Waals surface area contributed by atoms with Gasteiger partial charge in [0.2, 0.25) is 0 Å². The van der Waals surface area contributed by atoms with Crippen molar-refractivity contribution in [3.05, 3.63) is 16.9 Å². The van der Waals surface area contributed by atoms with Crippen LogP contribution in [0.25, 0.3) is 0 Å². The molecule has 1 atom stereocenters. The van der Waals surface area contributed by atoms with Gasteiger partial charge in [0.25, 0.3) is 0 Å². The zero-order valence-electron chi connectivity index (χ0n) is 9.37. The highest BCUT2D eigenvalue weighted by Crippen LogP contribution is 2.22. The first-order chi connectivity index (χ1) is 7.10. The van der Waals surface area contributed by atoms with Crippen LogP contribution in [-0.2, 0) is 6.54 Å². The summed E-state index contributed by atoms with van der Waals surface area (Å²) in [6, 6.07) is -0.00468. The molecule has 86 valence electrons. The van der Waals surface area contributed by atoms with E-state index in [4.69, 9.17) is 17.4 Å². The lowest BCUT2D eigenvalue weighted by Gasteiger charge is -2.21. The molecule has 0 aliphatic heterocycles. The summed E-state index contributed by atoms with van der Waals surface area (Å²) in [6.45, 7) is 3.59. The Labute approximate surface area is 95.2 Å². The van der Waals surface area contributed by atoms with Crippen molar-refractivity contribution in [3.63, 3.8) is 0 Å². The molecule has 3 N–H and O–H groups in total. The van der Waals surface area contributed by atoms with E-state index >= 15 is 0 Å². The van der Waals surface area contributed by atoms with E-state index in [-0.39, 0.29) is 6.04 Å². The molecule has 0 saturated carbocycles. The number of nitrogens with two attached hydrogens (primary N) is 1. The largest absolute Gasteiger partial charge is 0.307 e. The Morgan fingerprint density at radius 1 is 1.67 bits per heavy atom. The van der Waals surface area contributed by atoms with Gasteiger partial charge in [0.1, 0.15) is 0 Å². The molecule has 0 amide bonds. The van der Waals surface area contributed by atoms with Gasteiger partial charge in [-0.1, -0.05) is 11.6 Å². The van der Waals surface area contributed by atoms with E-state index in [2.05, 4.69) is 10.5 Å². The SMILES string of the molecule is CCn1ncc(Cl)c1C(CN(C)C)NN. The standard InChI is InChI=1S/C9H18ClN5/c1-4-15-9(7(10)5-12-15)8(13-11)6-14(2)3/h5,8,13H,4,6,11H2,1-3H3. The molecule has 0 radical (unpaired) electrons. The summed E-state index contributed by atoms with van der Waals surface area (Å²) in [4.78, 5) is 2.05. The molecule has 15 heavy (non-hydrogen) atoms. The van der Waals surface area contributed by atoms with Crippen molar-refractivity contribution in [2.75, 3.05) is 20.6 Å². The number of nitrogens with zero attached hydrogens (tertiary/aromatic N) is 3. The summed E-state index contributed by atoms with van der Waals surface area (Å²) < 4.78 is 1.86. The molecule has 1 unspecified atom stereocenters. The predicted molar refractivity (Wildman–Crippen MR) is 61.5 cm³/mol. The van der Waals surface area contributed by atoms with Crippen molar-refractivity contribution in [2.45, 2.75) is 19.5 Å². The van der Waals surface area contributed by atoms with Crippen LogP contribution in [0.5, 0.6) is 0 Å². The second-order valence-corrected chi connectivity index (χ2v) is 4.08. The number of likely N-dealkylation sites (N-methyl/N-ethyl adjacent to an activating group) is 1. The quantitative estimate of drug-likeness (QED) is 0.576. The van der Waals surface area contributed by atoms with E-state index in [1.54, 1.807) is 6.20 Å². The smallest absolute Gasteiger partial charge is 0.0835 e. The second-order valence-electron chi connectivity index (χ2n) is 3.68. The van der Waals surface area contributed by atoms with E-state index < -0.39 is 0 Å². The van der Waals surface area contributed by atoms with Gasteiger partial charge in [-0.3, -0.25) is 16.0 Å². The van der Waals surface area contributed by atoms with Gasteiger partial charge in [-0.25, -0.2) is 0 Å². The number of halogens is 1. The number of hydrazine groups is 1. The maximum absolute atomic E-state index is 6.08. The summed E-state index contributed by atoms with van der Waals surface area (Å²) in [6.07, 6.45) is 1.65. The first-order valence-electron chi connectivity index (χ1n) is 4.92. The number of nitrogens with one attached hydrogen (secondary N) is 1. The van der Waals surface area contributed by atoms with Crippen molar-refractivity contribution < 1.29 is 0 Å². The van der Waals surface area contributed by atoms with Crippen molar-refractivity contribution in [2.24, 2.45) is 5.84 Å². The van der Waals surface area contributed by atoms with Crippen molar-refractivity contribution in [3.8, 4) is 0 Å². The highest BCUT2D eigenvalue weighted by atomic mass is 35.5. The second kappa shape index (κ2) is 5.46. The summed E-state index contributed by atoms with van der Waals surface area (Å²) in [7, 11) is 3.98. The molecule has 0 aliphatic rings. The topological polar surface area (TPSA) is 59.1 Å². The third-order valence-corrected chi connectivity index (χ3v) is 2.50. The average Bonchev–Trinajstić information content (AvgIpc) is 2.56. The van der Waals surface area contributed by atoms with Gasteiger partial charge in [0.15, 0.2) is 0 Å². The van der Waals surface area contributed by atoms with E-state index in [0.717, 1.165) is 18.8 Å². The lowest BCUT2D eigenvalue weighted by molar-refractivity contribution is 0.332. The van der Waals surface area contributed by atoms with Crippen LogP contribution in [0.3, 0.4) is 0 Å². The van der Waals surface area contributed by atoms with Crippen molar-refractivity contribution >= 4 is 11.6 Å². The van der Waals surface area contributed by atoms with Crippen LogP contribution in [0, 0.1) is 0 Å². The summed E-state index contributed by atoms with van der Waals surface area (Å²) >= 11 is 6.08. The van der Waals surface area contributed by atoms with Crippen LogP contribution in [0.15, 0.2) is 6.20 Å². The molecule has 1 aromatic heterocycles. The molecule has 1 aromatic rings. The number of rotatable bonds is 5. The van der Waals surface area contributed by atoms with Crippen LogP contribution in [-0.4, -0.2) is 35.3 Å². The Kier molecular flexibility index (Phi) is 4.53. The third kappa shape index (κ3) is 2.92. The summed E-state index contributed by atoms with van der Waals surface area (Å²) in [5, 5.41) is 4.84. The Morgan fingerprint density at radius 2 is 2.33 bits per heavy atom. The predicted octanol–water partition coefficient (Wildman–Crippen LogP) is 0.622. The molecule has 0 spiro atoms. The average molecular weight is 232 g/mol. The van der Waals surface area contributed by atoms with Gasteiger partial charge >= 0.3 is 0 Å². The number of aryl methyl sites for hydroxylation is 1. The van der Waals surface area contributed by atoms with Gasteiger partial charge in [0, 0.05) is 13.1 Å². The molecule has 1 rings (SSSR count). The van der Waals surface area contributed by atoms with Crippen LogP contribution in [0.4, 0.5) is 0 Å². The fourth-order valence-corrected chi connectivity index (χ4v) is 1.83. The van der Waals surface area contributed by atoms with E-state index in [0.29, 0.717) is 5.02 Å². The maximum atomic E-state index is 6.08. The molecule has 5 nitrogen and oxygen atoms in total. The summed E-state index contributed by atoms with van der Waals surface area (Å²) in [5.74, 6) is 5.53. The Hall–Kier alpha value is -0.620. The lowest BCUT2D eigenvalue weighted by atomic mass is 10.2. The highest BCUT2D eigenvalue weighted by Gasteiger charge is 2.19. The van der Waals surface area contributed by atoms with E-state index in [1.165, 1.54) is 0 Å². The maximum Gasteiger partial charge on any atom is 0.0835 e. The van der Waals surface area contributed by atoms with Crippen LogP contribution in [0.1, 0.15) is 18.7 Å². The number of aromatic nitrogens is 2. The molecule has 6 heteroatoms.